The Morgan fingerprint density at radius 1 is 1.25 bits per heavy atom. The monoisotopic (exact) mass is 281 g/mol. The van der Waals surface area contributed by atoms with Crippen LogP contribution in [0.5, 0.6) is 0 Å². The summed E-state index contributed by atoms with van der Waals surface area (Å²) < 4.78 is 32.2. The van der Waals surface area contributed by atoms with Gasteiger partial charge in [-0.3, -0.25) is 0 Å². The van der Waals surface area contributed by atoms with Gasteiger partial charge in [-0.1, -0.05) is 6.92 Å². The van der Waals surface area contributed by atoms with E-state index in [0.29, 0.717) is 18.6 Å². The highest BCUT2D eigenvalue weighted by Gasteiger charge is 2.18. The van der Waals surface area contributed by atoms with Crippen molar-refractivity contribution in [1.29, 1.82) is 0 Å². The number of ether oxygens (including phenoxy) is 1. The molecule has 1 unspecified atom stereocenters. The first-order chi connectivity index (χ1) is 9.69. The third-order valence-electron chi connectivity index (χ3n) is 3.31. The van der Waals surface area contributed by atoms with Crippen molar-refractivity contribution in [2.24, 2.45) is 0 Å². The molecule has 0 spiro atoms. The minimum absolute atomic E-state index is 0.0172. The van der Waals surface area contributed by atoms with Crippen molar-refractivity contribution < 1.29 is 13.5 Å². The van der Waals surface area contributed by atoms with Gasteiger partial charge in [0.15, 0.2) is 0 Å². The average Bonchev–Trinajstić information content (AvgIpc) is 2.43. The highest BCUT2D eigenvalue weighted by atomic mass is 19.1. The second-order valence-corrected chi connectivity index (χ2v) is 5.09. The third-order valence-corrected chi connectivity index (χ3v) is 3.31. The molecule has 0 aromatic heterocycles. The molecule has 0 aliphatic carbocycles. The summed E-state index contributed by atoms with van der Waals surface area (Å²) in [6.07, 6.45) is 5.63. The summed E-state index contributed by atoms with van der Waals surface area (Å²) in [5.74, 6) is -0.171. The molecule has 20 heavy (non-hydrogen) atoms. The maximum atomic E-state index is 13.3. The zero-order valence-corrected chi connectivity index (χ0v) is 11.8. The van der Waals surface area contributed by atoms with Gasteiger partial charge in [0.25, 0.3) is 0 Å². The van der Waals surface area contributed by atoms with Gasteiger partial charge in [0.1, 0.15) is 17.4 Å². The van der Waals surface area contributed by atoms with Gasteiger partial charge in [-0.05, 0) is 56.0 Å². The molecule has 1 atom stereocenters. The van der Waals surface area contributed by atoms with Crippen molar-refractivity contribution in [3.8, 4) is 0 Å². The molecule has 2 rings (SSSR count). The van der Waals surface area contributed by atoms with Crippen molar-refractivity contribution in [2.45, 2.75) is 38.6 Å². The van der Waals surface area contributed by atoms with Crippen LogP contribution in [0.3, 0.4) is 0 Å². The molecule has 1 aliphatic heterocycles. The van der Waals surface area contributed by atoms with E-state index in [1.54, 1.807) is 0 Å². The van der Waals surface area contributed by atoms with Crippen LogP contribution in [0.25, 0.3) is 0 Å². The van der Waals surface area contributed by atoms with Gasteiger partial charge in [-0.15, -0.1) is 0 Å². The van der Waals surface area contributed by atoms with Crippen LogP contribution < -0.4 is 5.32 Å². The van der Waals surface area contributed by atoms with Gasteiger partial charge in [-0.2, -0.15) is 0 Å². The molecule has 2 nitrogen and oxygen atoms in total. The SMILES string of the molecule is CCCNC(Cc1cc(F)cc(F)c1)C1=CCCCO1. The smallest absolute Gasteiger partial charge is 0.126 e. The predicted octanol–water partition coefficient (Wildman–Crippen LogP) is 3.57. The van der Waals surface area contributed by atoms with Crippen LogP contribution >= 0.6 is 0 Å². The minimum Gasteiger partial charge on any atom is -0.497 e. The molecule has 1 aromatic carbocycles. The summed E-state index contributed by atoms with van der Waals surface area (Å²) in [6, 6.07) is 3.64. The van der Waals surface area contributed by atoms with Crippen LogP contribution in [-0.4, -0.2) is 19.2 Å². The lowest BCUT2D eigenvalue weighted by Crippen LogP contribution is -2.35. The summed E-state index contributed by atoms with van der Waals surface area (Å²) in [4.78, 5) is 0. The first-order valence-corrected chi connectivity index (χ1v) is 7.20. The lowest BCUT2D eigenvalue weighted by molar-refractivity contribution is 0.167. The second kappa shape index (κ2) is 7.39. The first kappa shape index (κ1) is 15.0. The number of benzene rings is 1. The summed E-state index contributed by atoms with van der Waals surface area (Å²) >= 11 is 0. The molecule has 1 aliphatic rings. The lowest BCUT2D eigenvalue weighted by atomic mass is 10.0. The molecule has 0 radical (unpaired) electrons. The molecule has 0 fully saturated rings. The number of rotatable bonds is 6. The van der Waals surface area contributed by atoms with Crippen molar-refractivity contribution in [1.82, 2.24) is 5.32 Å². The molecule has 0 saturated carbocycles. The summed E-state index contributed by atoms with van der Waals surface area (Å²) in [5, 5.41) is 3.39. The molecule has 110 valence electrons. The molecule has 0 amide bonds. The summed E-state index contributed by atoms with van der Waals surface area (Å²) in [6.45, 7) is 3.65. The standard InChI is InChI=1S/C16H21F2NO/c1-2-6-19-15(16-5-3-4-7-20-16)10-12-8-13(17)11-14(18)9-12/h5,8-9,11,15,19H,2-4,6-7,10H2,1H3. The van der Waals surface area contributed by atoms with Crippen molar-refractivity contribution in [3.05, 3.63) is 47.2 Å². The highest BCUT2D eigenvalue weighted by molar-refractivity contribution is 5.21. The predicted molar refractivity (Wildman–Crippen MR) is 75.4 cm³/mol. The van der Waals surface area contributed by atoms with E-state index >= 15 is 0 Å². The van der Waals surface area contributed by atoms with Gasteiger partial charge in [0.05, 0.1) is 12.6 Å². The fourth-order valence-electron chi connectivity index (χ4n) is 2.38. The zero-order valence-electron chi connectivity index (χ0n) is 11.8. The third kappa shape index (κ3) is 4.30. The summed E-state index contributed by atoms with van der Waals surface area (Å²) in [5.41, 5.74) is 0.645. The molecule has 1 N–H and O–H groups in total. The Bertz CT molecular complexity index is 453. The minimum atomic E-state index is -0.534. The van der Waals surface area contributed by atoms with Crippen LogP contribution in [0.2, 0.25) is 0 Å². The number of nitrogens with one attached hydrogen (secondary N) is 1. The Kier molecular flexibility index (Phi) is 5.53. The fourth-order valence-corrected chi connectivity index (χ4v) is 2.38. The molecule has 1 heterocycles. The Morgan fingerprint density at radius 3 is 2.60 bits per heavy atom. The Morgan fingerprint density at radius 2 is 2.00 bits per heavy atom. The van der Waals surface area contributed by atoms with Crippen molar-refractivity contribution in [3.63, 3.8) is 0 Å². The first-order valence-electron chi connectivity index (χ1n) is 7.20. The van der Waals surface area contributed by atoms with E-state index in [-0.39, 0.29) is 6.04 Å². The van der Waals surface area contributed by atoms with Crippen LogP contribution in [0.15, 0.2) is 30.0 Å². The number of halogens is 2. The topological polar surface area (TPSA) is 21.3 Å². The summed E-state index contributed by atoms with van der Waals surface area (Å²) in [7, 11) is 0. The maximum absolute atomic E-state index is 13.3. The Labute approximate surface area is 118 Å². The number of allylic oxidation sites excluding steroid dienone is 1. The van der Waals surface area contributed by atoms with Gasteiger partial charge >= 0.3 is 0 Å². The second-order valence-electron chi connectivity index (χ2n) is 5.09. The van der Waals surface area contributed by atoms with E-state index in [1.165, 1.54) is 12.1 Å². The lowest BCUT2D eigenvalue weighted by Gasteiger charge is -2.25. The molecular formula is C16H21F2NO. The highest BCUT2D eigenvalue weighted by Crippen LogP contribution is 2.18. The van der Waals surface area contributed by atoms with Crippen LogP contribution in [0.1, 0.15) is 31.7 Å². The quantitative estimate of drug-likeness (QED) is 0.860. The normalized spacial score (nSPS) is 16.4. The van der Waals surface area contributed by atoms with Gasteiger partial charge in [0.2, 0.25) is 0 Å². The van der Waals surface area contributed by atoms with Gasteiger partial charge < -0.3 is 10.1 Å². The van der Waals surface area contributed by atoms with E-state index in [9.17, 15) is 8.78 Å². The van der Waals surface area contributed by atoms with Gasteiger partial charge in [0, 0.05) is 6.07 Å². The average molecular weight is 281 g/mol. The molecular weight excluding hydrogens is 260 g/mol. The van der Waals surface area contributed by atoms with Crippen LogP contribution in [-0.2, 0) is 11.2 Å². The van der Waals surface area contributed by atoms with Crippen molar-refractivity contribution >= 4 is 0 Å². The van der Waals surface area contributed by atoms with E-state index in [4.69, 9.17) is 4.74 Å². The Hall–Kier alpha value is -1.42. The fraction of sp³-hybridized carbons (Fsp3) is 0.500. The van der Waals surface area contributed by atoms with Crippen LogP contribution in [0.4, 0.5) is 8.78 Å². The van der Waals surface area contributed by atoms with E-state index in [2.05, 4.69) is 18.3 Å². The molecule has 1 aromatic rings. The molecule has 4 heteroatoms. The van der Waals surface area contributed by atoms with E-state index < -0.39 is 11.6 Å². The largest absolute Gasteiger partial charge is 0.497 e. The van der Waals surface area contributed by atoms with Crippen LogP contribution in [0, 0.1) is 11.6 Å². The molecule has 0 bridgehead atoms. The zero-order chi connectivity index (χ0) is 14.4. The van der Waals surface area contributed by atoms with E-state index in [0.717, 1.165) is 37.6 Å². The maximum Gasteiger partial charge on any atom is 0.126 e. The Balaban J connectivity index is 2.11. The number of hydrogen-bond acceptors (Lipinski definition) is 2. The van der Waals surface area contributed by atoms with Crippen molar-refractivity contribution in [2.75, 3.05) is 13.2 Å². The van der Waals surface area contributed by atoms with E-state index in [1.807, 2.05) is 0 Å². The molecule has 0 saturated heterocycles. The van der Waals surface area contributed by atoms with Gasteiger partial charge in [-0.25, -0.2) is 8.78 Å². The number of hydrogen-bond donors (Lipinski definition) is 1.